The van der Waals surface area contributed by atoms with Crippen molar-refractivity contribution in [3.05, 3.63) is 40.2 Å². The number of carbonyl (C=O) groups is 2. The molecular weight excluding hydrogens is 360 g/mol. The lowest BCUT2D eigenvalue weighted by molar-refractivity contribution is -0.126. The van der Waals surface area contributed by atoms with E-state index in [9.17, 15) is 24.9 Å². The second kappa shape index (κ2) is 6.13. The van der Waals surface area contributed by atoms with E-state index in [2.05, 4.69) is 0 Å². The number of ketones is 2. The number of benzene rings is 1. The molecule has 1 fully saturated rings. The van der Waals surface area contributed by atoms with Crippen LogP contribution >= 0.6 is 0 Å². The molecule has 4 rings (SSSR count). The Morgan fingerprint density at radius 3 is 2.50 bits per heavy atom. The summed E-state index contributed by atoms with van der Waals surface area (Å²) < 4.78 is 0. The van der Waals surface area contributed by atoms with Crippen molar-refractivity contribution in [2.75, 3.05) is 19.0 Å². The molecule has 3 aliphatic carbocycles. The number of allylic oxidation sites excluding steroid dienone is 3. The number of carbonyl (C=O) groups excluding carboxylic acids is 2. The number of phenolic OH excluding ortho intramolecular Hbond substituents is 1. The highest BCUT2D eigenvalue weighted by atomic mass is 16.3. The van der Waals surface area contributed by atoms with Crippen molar-refractivity contribution in [3.8, 4) is 11.8 Å². The molecule has 144 valence electrons. The summed E-state index contributed by atoms with van der Waals surface area (Å²) in [6, 6.07) is 4.93. The van der Waals surface area contributed by atoms with Crippen LogP contribution in [-0.2, 0) is 16.0 Å². The topological polar surface area (TPSA) is 122 Å². The maximum Gasteiger partial charge on any atom is 0.177 e. The van der Waals surface area contributed by atoms with Crippen LogP contribution in [-0.4, -0.2) is 41.0 Å². The molecule has 0 heterocycles. The van der Waals surface area contributed by atoms with Crippen molar-refractivity contribution in [2.24, 2.45) is 17.8 Å². The van der Waals surface area contributed by atoms with Gasteiger partial charge in [0.25, 0.3) is 0 Å². The third-order valence-corrected chi connectivity index (χ3v) is 6.09. The molecule has 1 aromatic rings. The van der Waals surface area contributed by atoms with Crippen LogP contribution in [0, 0.1) is 29.1 Å². The number of aliphatic hydroxyl groups is 2. The Labute approximate surface area is 161 Å². The van der Waals surface area contributed by atoms with Crippen molar-refractivity contribution in [3.63, 3.8) is 0 Å². The van der Waals surface area contributed by atoms with Gasteiger partial charge in [0.1, 0.15) is 28.9 Å². The second-order valence-corrected chi connectivity index (χ2v) is 7.85. The molecule has 0 spiro atoms. The number of nitrogens with zero attached hydrogens (tertiary/aromatic N) is 2. The largest absolute Gasteiger partial charge is 0.510 e. The lowest BCUT2D eigenvalue weighted by atomic mass is 9.61. The van der Waals surface area contributed by atoms with Gasteiger partial charge in [-0.3, -0.25) is 9.59 Å². The fourth-order valence-corrected chi connectivity index (χ4v) is 4.90. The molecule has 0 aliphatic heterocycles. The van der Waals surface area contributed by atoms with Gasteiger partial charge >= 0.3 is 0 Å². The Hall–Kier alpha value is -3.27. The van der Waals surface area contributed by atoms with Crippen molar-refractivity contribution >= 4 is 23.0 Å². The van der Waals surface area contributed by atoms with E-state index in [0.29, 0.717) is 12.8 Å². The first-order valence-electron chi connectivity index (χ1n) is 9.12. The minimum absolute atomic E-state index is 0.0291. The van der Waals surface area contributed by atoms with Gasteiger partial charge in [0.15, 0.2) is 11.6 Å². The van der Waals surface area contributed by atoms with Gasteiger partial charge < -0.3 is 20.2 Å². The molecule has 3 aliphatic rings. The summed E-state index contributed by atoms with van der Waals surface area (Å²) in [4.78, 5) is 27.2. The third kappa shape index (κ3) is 2.34. The fourth-order valence-electron chi connectivity index (χ4n) is 4.90. The van der Waals surface area contributed by atoms with E-state index in [4.69, 9.17) is 5.26 Å². The zero-order valence-corrected chi connectivity index (χ0v) is 15.6. The molecule has 7 heteroatoms. The number of Topliss-reactive ketones (excluding diaryl/α,β-unsaturated/α-hetero) is 2. The van der Waals surface area contributed by atoms with Crippen LogP contribution in [0.5, 0.6) is 5.75 Å². The Balaban J connectivity index is 1.90. The van der Waals surface area contributed by atoms with Crippen LogP contribution in [0.15, 0.2) is 29.0 Å². The average molecular weight is 380 g/mol. The van der Waals surface area contributed by atoms with Crippen LogP contribution < -0.4 is 4.90 Å². The third-order valence-electron chi connectivity index (χ3n) is 6.09. The number of anilines is 1. The molecule has 3 unspecified atom stereocenters. The summed E-state index contributed by atoms with van der Waals surface area (Å²) >= 11 is 0. The number of hydrogen-bond donors (Lipinski definition) is 3. The lowest BCUT2D eigenvalue weighted by Crippen LogP contribution is -2.43. The Morgan fingerprint density at radius 1 is 1.14 bits per heavy atom. The predicted molar refractivity (Wildman–Crippen MR) is 101 cm³/mol. The summed E-state index contributed by atoms with van der Waals surface area (Å²) in [5.41, 5.74) is 1.62. The van der Waals surface area contributed by atoms with E-state index in [1.54, 1.807) is 12.1 Å². The van der Waals surface area contributed by atoms with E-state index in [1.807, 2.05) is 19.0 Å². The average Bonchev–Trinajstić information content (AvgIpc) is 2.61. The molecule has 3 N–H and O–H groups in total. The Bertz CT molecular complexity index is 1030. The standard InChI is InChI=1S/C21H20N2O5/c1-23(2)13-3-4-14(24)18-11(13)6-9-5-10-7-15(25)12(8-22)19(26)16(10)20(27)17(9)21(18)28/h3-4,9-10,16,24,26,28H,5-7H2,1-2H3. The first-order valence-corrected chi connectivity index (χ1v) is 9.12. The molecule has 1 aromatic carbocycles. The molecule has 0 saturated heterocycles. The summed E-state index contributed by atoms with van der Waals surface area (Å²) in [6.45, 7) is 0. The minimum atomic E-state index is -0.999. The van der Waals surface area contributed by atoms with Crippen molar-refractivity contribution in [1.29, 1.82) is 5.26 Å². The number of hydrogen-bond acceptors (Lipinski definition) is 7. The molecule has 0 amide bonds. The van der Waals surface area contributed by atoms with Gasteiger partial charge in [-0.15, -0.1) is 0 Å². The monoisotopic (exact) mass is 380 g/mol. The van der Waals surface area contributed by atoms with Gasteiger partial charge in [0.05, 0.1) is 11.5 Å². The number of aromatic hydroxyl groups is 1. The zero-order chi connectivity index (χ0) is 20.3. The fraction of sp³-hybridized carbons (Fsp3) is 0.381. The number of rotatable bonds is 1. The molecule has 0 radical (unpaired) electrons. The van der Waals surface area contributed by atoms with Gasteiger partial charge in [0.2, 0.25) is 0 Å². The highest BCUT2D eigenvalue weighted by molar-refractivity contribution is 6.10. The van der Waals surface area contributed by atoms with Gasteiger partial charge in [-0.05, 0) is 42.4 Å². The van der Waals surface area contributed by atoms with Crippen LogP contribution in [0.2, 0.25) is 0 Å². The highest BCUT2D eigenvalue weighted by Gasteiger charge is 2.50. The molecule has 28 heavy (non-hydrogen) atoms. The van der Waals surface area contributed by atoms with Crippen LogP contribution in [0.3, 0.4) is 0 Å². The summed E-state index contributed by atoms with van der Waals surface area (Å²) in [7, 11) is 3.72. The number of aliphatic hydroxyl groups excluding tert-OH is 2. The smallest absolute Gasteiger partial charge is 0.177 e. The van der Waals surface area contributed by atoms with E-state index in [-0.39, 0.29) is 40.6 Å². The number of fused-ring (bicyclic) bond motifs is 3. The van der Waals surface area contributed by atoms with Gasteiger partial charge in [-0.1, -0.05) is 0 Å². The maximum absolute atomic E-state index is 13.2. The second-order valence-electron chi connectivity index (χ2n) is 7.85. The number of nitriles is 1. The maximum atomic E-state index is 13.2. The first kappa shape index (κ1) is 18.1. The lowest BCUT2D eigenvalue weighted by Gasteiger charge is -2.41. The van der Waals surface area contributed by atoms with Crippen molar-refractivity contribution in [2.45, 2.75) is 19.3 Å². The predicted octanol–water partition coefficient (Wildman–Crippen LogP) is 2.41. The highest BCUT2D eigenvalue weighted by Crippen LogP contribution is 2.51. The summed E-state index contributed by atoms with van der Waals surface area (Å²) in [6.07, 6.45) is 0.906. The quantitative estimate of drug-likeness (QED) is 0.684. The molecular formula is C21H20N2O5. The van der Waals surface area contributed by atoms with Crippen molar-refractivity contribution < 1.29 is 24.9 Å². The van der Waals surface area contributed by atoms with Crippen LogP contribution in [0.1, 0.15) is 24.0 Å². The number of phenols is 1. The Morgan fingerprint density at radius 2 is 1.86 bits per heavy atom. The van der Waals surface area contributed by atoms with E-state index < -0.39 is 29.2 Å². The van der Waals surface area contributed by atoms with Crippen molar-refractivity contribution in [1.82, 2.24) is 0 Å². The van der Waals surface area contributed by atoms with E-state index in [1.165, 1.54) is 6.07 Å². The minimum Gasteiger partial charge on any atom is -0.510 e. The van der Waals surface area contributed by atoms with Gasteiger partial charge in [-0.25, -0.2) is 0 Å². The first-order chi connectivity index (χ1) is 13.3. The van der Waals surface area contributed by atoms with Gasteiger partial charge in [-0.2, -0.15) is 5.26 Å². The summed E-state index contributed by atoms with van der Waals surface area (Å²) in [5.74, 6) is -3.53. The van der Waals surface area contributed by atoms with E-state index in [0.717, 1.165) is 11.3 Å². The summed E-state index contributed by atoms with van der Waals surface area (Å²) in [5, 5.41) is 40.8. The molecule has 3 atom stereocenters. The van der Waals surface area contributed by atoms with Crippen LogP contribution in [0.4, 0.5) is 5.69 Å². The molecule has 1 saturated carbocycles. The molecule has 0 bridgehead atoms. The zero-order valence-electron chi connectivity index (χ0n) is 15.6. The molecule has 0 aromatic heterocycles. The van der Waals surface area contributed by atoms with Crippen LogP contribution in [0.25, 0.3) is 5.76 Å². The normalized spacial score (nSPS) is 26.4. The van der Waals surface area contributed by atoms with E-state index >= 15 is 0 Å². The SMILES string of the molecule is CN(C)c1ccc(O)c2c1CC1CC3CC(=O)C(C#N)=C(O)C3C(=O)C1=C2O. The Kier molecular flexibility index (Phi) is 3.96. The molecule has 7 nitrogen and oxygen atoms in total. The van der Waals surface area contributed by atoms with Gasteiger partial charge in [0, 0.05) is 31.8 Å².